The topological polar surface area (TPSA) is 54.4 Å². The van der Waals surface area contributed by atoms with E-state index in [-0.39, 0.29) is 19.3 Å². The van der Waals surface area contributed by atoms with Gasteiger partial charge in [-0.05, 0) is 38.0 Å². The van der Waals surface area contributed by atoms with Crippen LogP contribution in [-0.4, -0.2) is 29.8 Å². The maximum atomic E-state index is 14.4. The lowest BCUT2D eigenvalue weighted by molar-refractivity contribution is -0.239. The molecule has 2 aliphatic rings. The molecule has 9 heteroatoms. The first kappa shape index (κ1) is 15.9. The van der Waals surface area contributed by atoms with Crippen molar-refractivity contribution in [2.45, 2.75) is 49.5 Å². The lowest BCUT2D eigenvalue weighted by Gasteiger charge is -2.41. The third-order valence-corrected chi connectivity index (χ3v) is 6.43. The first-order chi connectivity index (χ1) is 8.82. The molecule has 3 nitrogen and oxygen atoms in total. The molecule has 2 rings (SSSR count). The Kier molecular flexibility index (Phi) is 3.41. The van der Waals surface area contributed by atoms with E-state index < -0.39 is 38.8 Å². The first-order valence-electron chi connectivity index (χ1n) is 6.24. The van der Waals surface area contributed by atoms with Gasteiger partial charge >= 0.3 is 6.18 Å². The van der Waals surface area contributed by atoms with Crippen LogP contribution in [0.1, 0.15) is 32.6 Å². The molecule has 0 amide bonds. The Balaban J connectivity index is 2.49. The highest BCUT2D eigenvalue weighted by molar-refractivity contribution is 7.87. The Bertz CT molecular complexity index is 501. The average Bonchev–Trinajstić information content (AvgIpc) is 2.86. The van der Waals surface area contributed by atoms with Gasteiger partial charge in [0.15, 0.2) is 0 Å². The fraction of sp³-hybridized carbons (Fsp3) is 1.00. The molecule has 0 saturated heterocycles. The zero-order valence-electron chi connectivity index (χ0n) is 10.6. The normalized spacial score (nSPS) is 34.2. The Hall–Kier alpha value is -0.440. The van der Waals surface area contributed by atoms with Crippen molar-refractivity contribution >= 4 is 10.1 Å². The van der Waals surface area contributed by atoms with E-state index in [1.807, 2.05) is 0 Å². The first-order valence-corrected chi connectivity index (χ1v) is 7.68. The van der Waals surface area contributed by atoms with Gasteiger partial charge in [-0.3, -0.25) is 4.55 Å². The smallest absolute Gasteiger partial charge is 0.285 e. The molecule has 0 aromatic carbocycles. The zero-order valence-corrected chi connectivity index (χ0v) is 11.4. The van der Waals surface area contributed by atoms with Crippen molar-refractivity contribution in [1.82, 2.24) is 0 Å². The van der Waals surface area contributed by atoms with Crippen molar-refractivity contribution in [2.24, 2.45) is 17.8 Å². The van der Waals surface area contributed by atoms with E-state index in [2.05, 4.69) is 0 Å². The van der Waals surface area contributed by atoms with Crippen LogP contribution in [0.2, 0.25) is 0 Å². The summed E-state index contributed by atoms with van der Waals surface area (Å²) in [6, 6.07) is 0. The lowest BCUT2D eigenvalue weighted by Crippen LogP contribution is -2.64. The van der Waals surface area contributed by atoms with Gasteiger partial charge in [-0.2, -0.15) is 21.6 Å². The van der Waals surface area contributed by atoms with Crippen LogP contribution >= 0.6 is 0 Å². The van der Waals surface area contributed by atoms with Crippen molar-refractivity contribution in [1.29, 1.82) is 0 Å². The molecule has 0 heterocycles. The van der Waals surface area contributed by atoms with E-state index in [1.165, 1.54) is 0 Å². The molecule has 1 N–H and O–H groups in total. The summed E-state index contributed by atoms with van der Waals surface area (Å²) in [4.78, 5) is 0. The molecule has 20 heavy (non-hydrogen) atoms. The molecule has 2 bridgehead atoms. The van der Waals surface area contributed by atoms with E-state index in [1.54, 1.807) is 0 Å². The number of hydrogen-bond acceptors (Lipinski definition) is 2. The minimum absolute atomic E-state index is 0.0743. The summed E-state index contributed by atoms with van der Waals surface area (Å²) in [7, 11) is -6.01. The minimum Gasteiger partial charge on any atom is -0.285 e. The van der Waals surface area contributed by atoms with Gasteiger partial charge in [0.2, 0.25) is 0 Å². The molecule has 0 aliphatic heterocycles. The van der Waals surface area contributed by atoms with Crippen LogP contribution in [0.25, 0.3) is 0 Å². The lowest BCUT2D eigenvalue weighted by atomic mass is 9.78. The monoisotopic (exact) mass is 322 g/mol. The molecule has 0 aromatic heterocycles. The molecule has 0 aromatic rings. The van der Waals surface area contributed by atoms with E-state index in [0.717, 1.165) is 0 Å². The van der Waals surface area contributed by atoms with Crippen LogP contribution in [0.15, 0.2) is 0 Å². The molecule has 4 unspecified atom stereocenters. The van der Waals surface area contributed by atoms with E-state index >= 15 is 0 Å². The number of rotatable bonds is 3. The molecular weight excluding hydrogens is 307 g/mol. The standard InChI is InChI=1S/C11H15F5O3S/c1-9(11(14,15)16,20(17,18)19)10(12,13)8-5-6-2-3-7(8)4-6/h6-8H,2-5H2,1H3,(H,17,18,19). The quantitative estimate of drug-likeness (QED) is 0.641. The Morgan fingerprint density at radius 1 is 1.05 bits per heavy atom. The molecule has 0 radical (unpaired) electrons. The van der Waals surface area contributed by atoms with E-state index in [4.69, 9.17) is 4.55 Å². The van der Waals surface area contributed by atoms with Crippen molar-refractivity contribution in [3.05, 3.63) is 0 Å². The molecular formula is C11H15F5O3S. The minimum atomic E-state index is -6.01. The summed E-state index contributed by atoms with van der Waals surface area (Å²) >= 11 is 0. The average molecular weight is 322 g/mol. The van der Waals surface area contributed by atoms with E-state index in [9.17, 15) is 30.4 Å². The van der Waals surface area contributed by atoms with Crippen molar-refractivity contribution in [2.75, 3.05) is 0 Å². The number of alkyl halides is 5. The third-order valence-electron chi connectivity index (χ3n) is 4.90. The summed E-state index contributed by atoms with van der Waals surface area (Å²) in [5.41, 5.74) is 0. The highest BCUT2D eigenvalue weighted by Gasteiger charge is 2.77. The summed E-state index contributed by atoms with van der Waals surface area (Å²) in [5.74, 6) is -6.90. The number of fused-ring (bicyclic) bond motifs is 2. The molecule has 2 fully saturated rings. The van der Waals surface area contributed by atoms with Crippen molar-refractivity contribution in [3.8, 4) is 0 Å². The maximum Gasteiger partial charge on any atom is 0.416 e. The molecule has 118 valence electrons. The molecule has 4 atom stereocenters. The van der Waals surface area contributed by atoms with Crippen molar-refractivity contribution in [3.63, 3.8) is 0 Å². The highest BCUT2D eigenvalue weighted by Crippen LogP contribution is 2.60. The van der Waals surface area contributed by atoms with Gasteiger partial charge in [0.1, 0.15) is 0 Å². The molecule has 2 aliphatic carbocycles. The van der Waals surface area contributed by atoms with Crippen LogP contribution in [0.4, 0.5) is 22.0 Å². The van der Waals surface area contributed by atoms with Crippen LogP contribution in [0.3, 0.4) is 0 Å². The van der Waals surface area contributed by atoms with Gasteiger partial charge < -0.3 is 0 Å². The number of halogens is 5. The third kappa shape index (κ3) is 1.96. The fourth-order valence-electron chi connectivity index (χ4n) is 3.55. The van der Waals surface area contributed by atoms with Gasteiger partial charge in [-0.15, -0.1) is 0 Å². The van der Waals surface area contributed by atoms with Gasteiger partial charge in [-0.25, -0.2) is 8.78 Å². The summed E-state index contributed by atoms with van der Waals surface area (Å²) in [6.07, 6.45) is -4.42. The second-order valence-electron chi connectivity index (χ2n) is 5.91. The molecule has 0 spiro atoms. The van der Waals surface area contributed by atoms with Gasteiger partial charge in [0.05, 0.1) is 0 Å². The van der Waals surface area contributed by atoms with Crippen LogP contribution in [0, 0.1) is 17.8 Å². The largest absolute Gasteiger partial charge is 0.416 e. The van der Waals surface area contributed by atoms with E-state index in [0.29, 0.717) is 19.3 Å². The summed E-state index contributed by atoms with van der Waals surface area (Å²) in [6.45, 7) is -0.131. The predicted octanol–water partition coefficient (Wildman–Crippen LogP) is 3.27. The SMILES string of the molecule is CC(C(F)(F)F)(C(F)(F)C1CC2CCC1C2)S(=O)(=O)O. The number of hydrogen-bond donors (Lipinski definition) is 1. The summed E-state index contributed by atoms with van der Waals surface area (Å²) in [5, 5.41) is 0. The Morgan fingerprint density at radius 3 is 1.90 bits per heavy atom. The van der Waals surface area contributed by atoms with Crippen LogP contribution < -0.4 is 0 Å². The Morgan fingerprint density at radius 2 is 1.60 bits per heavy atom. The van der Waals surface area contributed by atoms with Gasteiger partial charge in [0, 0.05) is 5.92 Å². The zero-order chi connectivity index (χ0) is 15.6. The maximum absolute atomic E-state index is 14.4. The highest BCUT2D eigenvalue weighted by atomic mass is 32.2. The Labute approximate surface area is 113 Å². The van der Waals surface area contributed by atoms with Crippen LogP contribution in [-0.2, 0) is 10.1 Å². The van der Waals surface area contributed by atoms with Crippen LogP contribution in [0.5, 0.6) is 0 Å². The fourth-order valence-corrected chi connectivity index (χ4v) is 4.34. The second kappa shape index (κ2) is 4.28. The van der Waals surface area contributed by atoms with Gasteiger partial charge in [-0.1, -0.05) is 6.42 Å². The van der Waals surface area contributed by atoms with Gasteiger partial charge in [0.25, 0.3) is 20.8 Å². The predicted molar refractivity (Wildman–Crippen MR) is 59.9 cm³/mol. The van der Waals surface area contributed by atoms with Crippen molar-refractivity contribution < 1.29 is 34.9 Å². The summed E-state index contributed by atoms with van der Waals surface area (Å²) < 4.78 is 94.1. The molecule has 2 saturated carbocycles. The second-order valence-corrected chi connectivity index (χ2v) is 7.68.